The van der Waals surface area contributed by atoms with Gasteiger partial charge in [0.15, 0.2) is 0 Å². The molecule has 1 aromatic rings. The molecule has 0 aliphatic heterocycles. The van der Waals surface area contributed by atoms with Gasteiger partial charge in [-0.1, -0.05) is 62.9 Å². The fraction of sp³-hybridized carbons (Fsp3) is 0.455. The quantitative estimate of drug-likeness (QED) is 0.760. The Balaban J connectivity index is 0.000000671. The molecule has 1 saturated carbocycles. The molecule has 4 atom stereocenters. The van der Waals surface area contributed by atoms with E-state index in [-0.39, 0.29) is 6.04 Å². The van der Waals surface area contributed by atoms with Crippen molar-refractivity contribution in [3.05, 3.63) is 73.5 Å². The van der Waals surface area contributed by atoms with Gasteiger partial charge in [-0.3, -0.25) is 0 Å². The molecule has 2 nitrogen and oxygen atoms in total. The largest absolute Gasteiger partial charge is 0.382 e. The van der Waals surface area contributed by atoms with Gasteiger partial charge in [-0.2, -0.15) is 0 Å². The number of hydrogen-bond donors (Lipinski definition) is 2. The Morgan fingerprint density at radius 2 is 1.79 bits per heavy atom. The van der Waals surface area contributed by atoms with Crippen molar-refractivity contribution < 1.29 is 0 Å². The van der Waals surface area contributed by atoms with Gasteiger partial charge in [-0.05, 0) is 43.1 Å². The van der Waals surface area contributed by atoms with E-state index >= 15 is 0 Å². The highest BCUT2D eigenvalue weighted by molar-refractivity contribution is 5.18. The maximum atomic E-state index is 6.04. The average Bonchev–Trinajstić information content (AvgIpc) is 3.41. The molecule has 0 radical (unpaired) electrons. The summed E-state index contributed by atoms with van der Waals surface area (Å²) < 4.78 is 0. The lowest BCUT2D eigenvalue weighted by Crippen LogP contribution is -2.28. The van der Waals surface area contributed by atoms with Crippen molar-refractivity contribution in [1.29, 1.82) is 0 Å². The van der Waals surface area contributed by atoms with Crippen molar-refractivity contribution in [1.82, 2.24) is 5.32 Å². The van der Waals surface area contributed by atoms with Gasteiger partial charge in [-0.25, -0.2) is 0 Å². The molecule has 24 heavy (non-hydrogen) atoms. The lowest BCUT2D eigenvalue weighted by atomic mass is 10.1. The Kier molecular flexibility index (Phi) is 9.18. The summed E-state index contributed by atoms with van der Waals surface area (Å²) in [5.74, 6) is 1.59. The fourth-order valence-corrected chi connectivity index (χ4v) is 3.22. The van der Waals surface area contributed by atoms with Crippen LogP contribution in [0.4, 0.5) is 0 Å². The lowest BCUT2D eigenvalue weighted by molar-refractivity contribution is 0.536. The molecule has 0 spiro atoms. The van der Waals surface area contributed by atoms with Crippen LogP contribution in [-0.4, -0.2) is 12.1 Å². The zero-order valence-electron chi connectivity index (χ0n) is 15.4. The first kappa shape index (κ1) is 20.2. The van der Waals surface area contributed by atoms with Crippen LogP contribution in [-0.2, 0) is 6.42 Å². The second kappa shape index (κ2) is 10.9. The van der Waals surface area contributed by atoms with Gasteiger partial charge in [0.1, 0.15) is 0 Å². The molecule has 3 N–H and O–H groups in total. The highest BCUT2D eigenvalue weighted by Gasteiger charge is 2.43. The van der Waals surface area contributed by atoms with Crippen molar-refractivity contribution in [2.24, 2.45) is 17.6 Å². The standard InChI is InChI=1S/C18H24N2.C2H6.C2H4/c1-13(7-8-14-5-3-2-4-6-14)20-18-10-9-16(19)11-15-12-17(15)18;2*1-2/h2-6,9-10,15-18,20H,1,7-8,11-12,19H2;1-2H3;1-2H2. The van der Waals surface area contributed by atoms with Crippen LogP contribution in [0.5, 0.6) is 0 Å². The number of allylic oxidation sites excluding steroid dienone is 1. The molecular weight excluding hydrogens is 292 g/mol. The van der Waals surface area contributed by atoms with Crippen LogP contribution in [0.3, 0.4) is 0 Å². The summed E-state index contributed by atoms with van der Waals surface area (Å²) in [5.41, 5.74) is 8.56. The minimum Gasteiger partial charge on any atom is -0.382 e. The predicted molar refractivity (Wildman–Crippen MR) is 107 cm³/mol. The summed E-state index contributed by atoms with van der Waals surface area (Å²) in [7, 11) is 0. The first-order chi connectivity index (χ1) is 11.7. The van der Waals surface area contributed by atoms with E-state index in [9.17, 15) is 0 Å². The van der Waals surface area contributed by atoms with Crippen LogP contribution >= 0.6 is 0 Å². The van der Waals surface area contributed by atoms with E-state index in [1.165, 1.54) is 12.0 Å². The van der Waals surface area contributed by atoms with Crippen molar-refractivity contribution in [3.63, 3.8) is 0 Å². The zero-order valence-corrected chi connectivity index (χ0v) is 15.4. The van der Waals surface area contributed by atoms with Crippen LogP contribution in [0.15, 0.2) is 67.9 Å². The Bertz CT molecular complexity index is 506. The molecule has 0 saturated heterocycles. The number of nitrogens with one attached hydrogen (secondary N) is 1. The maximum Gasteiger partial charge on any atom is 0.0472 e. The summed E-state index contributed by atoms with van der Waals surface area (Å²) in [6.07, 6.45) is 8.94. The fourth-order valence-electron chi connectivity index (χ4n) is 3.22. The van der Waals surface area contributed by atoms with E-state index in [4.69, 9.17) is 5.73 Å². The molecule has 132 valence electrons. The van der Waals surface area contributed by atoms with Crippen molar-refractivity contribution >= 4 is 0 Å². The van der Waals surface area contributed by atoms with E-state index in [2.05, 4.69) is 67.5 Å². The number of hydrogen-bond acceptors (Lipinski definition) is 2. The van der Waals surface area contributed by atoms with Gasteiger partial charge in [0.2, 0.25) is 0 Å². The number of fused-ring (bicyclic) bond motifs is 1. The van der Waals surface area contributed by atoms with Crippen molar-refractivity contribution in [3.8, 4) is 0 Å². The Morgan fingerprint density at radius 3 is 2.46 bits per heavy atom. The molecule has 0 amide bonds. The molecule has 0 heterocycles. The van der Waals surface area contributed by atoms with E-state index in [1.54, 1.807) is 0 Å². The summed E-state index contributed by atoms with van der Waals surface area (Å²) >= 11 is 0. The highest BCUT2D eigenvalue weighted by atomic mass is 14.9. The zero-order chi connectivity index (χ0) is 17.9. The van der Waals surface area contributed by atoms with Crippen LogP contribution in [0.2, 0.25) is 0 Å². The minimum atomic E-state index is 0.245. The van der Waals surface area contributed by atoms with E-state index in [0.29, 0.717) is 6.04 Å². The second-order valence-corrected chi connectivity index (χ2v) is 6.20. The van der Waals surface area contributed by atoms with E-state index in [1.807, 2.05) is 13.8 Å². The molecule has 0 aromatic heterocycles. The lowest BCUT2D eigenvalue weighted by Gasteiger charge is -2.18. The molecule has 1 aromatic carbocycles. The van der Waals surface area contributed by atoms with Crippen LogP contribution in [0.1, 0.15) is 38.7 Å². The number of nitrogens with two attached hydrogens (primary N) is 1. The van der Waals surface area contributed by atoms with Crippen LogP contribution in [0, 0.1) is 11.8 Å². The molecule has 1 fully saturated rings. The predicted octanol–water partition coefficient (Wildman–Crippen LogP) is 4.84. The molecule has 3 rings (SSSR count). The number of benzene rings is 1. The molecule has 0 bridgehead atoms. The summed E-state index contributed by atoms with van der Waals surface area (Å²) in [6, 6.07) is 11.3. The Hall–Kier alpha value is -1.80. The third kappa shape index (κ3) is 6.37. The Labute approximate surface area is 148 Å². The monoisotopic (exact) mass is 326 g/mol. The normalized spacial score (nSPS) is 26.5. The van der Waals surface area contributed by atoms with Gasteiger partial charge < -0.3 is 11.1 Å². The maximum absolute atomic E-state index is 6.04. The van der Waals surface area contributed by atoms with E-state index < -0.39 is 0 Å². The van der Waals surface area contributed by atoms with Crippen LogP contribution in [0.25, 0.3) is 0 Å². The van der Waals surface area contributed by atoms with Gasteiger partial charge in [0.25, 0.3) is 0 Å². The third-order valence-electron chi connectivity index (χ3n) is 4.51. The second-order valence-electron chi connectivity index (χ2n) is 6.20. The molecule has 2 aliphatic rings. The van der Waals surface area contributed by atoms with Gasteiger partial charge in [0.05, 0.1) is 0 Å². The third-order valence-corrected chi connectivity index (χ3v) is 4.51. The van der Waals surface area contributed by atoms with E-state index in [0.717, 1.165) is 36.8 Å². The highest BCUT2D eigenvalue weighted by Crippen LogP contribution is 2.46. The molecule has 2 aliphatic carbocycles. The van der Waals surface area contributed by atoms with Crippen LogP contribution < -0.4 is 11.1 Å². The number of aryl methyl sites for hydroxylation is 1. The topological polar surface area (TPSA) is 38.0 Å². The summed E-state index contributed by atoms with van der Waals surface area (Å²) in [5, 5.41) is 3.60. The summed E-state index contributed by atoms with van der Waals surface area (Å²) in [6.45, 7) is 14.2. The molecule has 4 unspecified atom stereocenters. The molecular formula is C22H34N2. The van der Waals surface area contributed by atoms with Gasteiger partial charge in [-0.15, -0.1) is 13.2 Å². The first-order valence-corrected chi connectivity index (χ1v) is 9.14. The SMILES string of the molecule is C=C.C=C(CCc1ccccc1)NC1C=CC(N)CC2CC21.CC. The molecule has 2 heteroatoms. The van der Waals surface area contributed by atoms with Crippen molar-refractivity contribution in [2.75, 3.05) is 0 Å². The van der Waals surface area contributed by atoms with Gasteiger partial charge in [0, 0.05) is 17.8 Å². The smallest absolute Gasteiger partial charge is 0.0472 e. The van der Waals surface area contributed by atoms with Gasteiger partial charge >= 0.3 is 0 Å². The Morgan fingerprint density at radius 1 is 1.12 bits per heavy atom. The first-order valence-electron chi connectivity index (χ1n) is 9.14. The average molecular weight is 327 g/mol. The minimum absolute atomic E-state index is 0.245. The van der Waals surface area contributed by atoms with Crippen molar-refractivity contribution in [2.45, 2.75) is 51.6 Å². The number of rotatable bonds is 5. The summed E-state index contributed by atoms with van der Waals surface area (Å²) in [4.78, 5) is 0.